The Labute approximate surface area is 129 Å². The van der Waals surface area contributed by atoms with E-state index >= 15 is 0 Å². The molecule has 1 aromatic carbocycles. The van der Waals surface area contributed by atoms with Gasteiger partial charge in [-0.1, -0.05) is 24.6 Å². The Bertz CT molecular complexity index is 599. The van der Waals surface area contributed by atoms with Crippen LogP contribution < -0.4 is 0 Å². The van der Waals surface area contributed by atoms with E-state index in [0.29, 0.717) is 6.54 Å². The molecule has 3 rings (SSSR count). The van der Waals surface area contributed by atoms with Gasteiger partial charge in [0.1, 0.15) is 12.4 Å². The minimum Gasteiger partial charge on any atom is -0.311 e. The Morgan fingerprint density at radius 1 is 1.23 bits per heavy atom. The molecule has 1 aliphatic heterocycles. The van der Waals surface area contributed by atoms with Crippen LogP contribution >= 0.6 is 0 Å². The number of hydrogen-bond acceptors (Lipinski definition) is 2. The second-order valence-corrected chi connectivity index (χ2v) is 5.87. The maximum atomic E-state index is 13.1. The first kappa shape index (κ1) is 14.8. The van der Waals surface area contributed by atoms with E-state index in [2.05, 4.69) is 6.58 Å². The highest BCUT2D eigenvalue weighted by Crippen LogP contribution is 2.39. The summed E-state index contributed by atoms with van der Waals surface area (Å²) in [4.78, 5) is 27.6. The van der Waals surface area contributed by atoms with Crippen LogP contribution in [0.25, 0.3) is 0 Å². The fourth-order valence-electron chi connectivity index (χ4n) is 3.54. The highest BCUT2D eigenvalue weighted by Gasteiger charge is 2.44. The summed E-state index contributed by atoms with van der Waals surface area (Å²) in [7, 11) is 0. The quantitative estimate of drug-likeness (QED) is 0.634. The van der Waals surface area contributed by atoms with Gasteiger partial charge in [0.25, 0.3) is 5.91 Å². The summed E-state index contributed by atoms with van der Waals surface area (Å²) in [6.45, 7) is 4.12. The van der Waals surface area contributed by atoms with Crippen molar-refractivity contribution in [2.75, 3.05) is 13.1 Å². The number of imide groups is 1. The van der Waals surface area contributed by atoms with Crippen molar-refractivity contribution < 1.29 is 14.0 Å². The van der Waals surface area contributed by atoms with Gasteiger partial charge in [-0.3, -0.25) is 9.69 Å². The van der Waals surface area contributed by atoms with Crippen molar-refractivity contribution >= 4 is 11.9 Å². The number of halogens is 1. The van der Waals surface area contributed by atoms with Crippen LogP contribution in [0, 0.1) is 5.82 Å². The number of nitrogens with zero attached hydrogens (tertiary/aromatic N) is 2. The molecule has 2 aliphatic rings. The first-order valence-corrected chi connectivity index (χ1v) is 7.59. The summed E-state index contributed by atoms with van der Waals surface area (Å²) < 4.78 is 13.1. The van der Waals surface area contributed by atoms with Crippen molar-refractivity contribution in [1.82, 2.24) is 9.80 Å². The fourth-order valence-corrected chi connectivity index (χ4v) is 3.54. The number of rotatable bonds is 4. The molecule has 3 amide bonds. The number of carbonyl (C=O) groups excluding carboxylic acids is 2. The lowest BCUT2D eigenvalue weighted by atomic mass is 9.93. The standard InChI is InChI=1S/C17H19FN2O2/c1-2-10-19-11-16(21)20(17(19)22)15-5-3-4-14(15)12-6-8-13(18)9-7-12/h2,6-9,14-15H,1,3-5,10-11H2/t14-,15+/m0/s1. The highest BCUT2D eigenvalue weighted by molar-refractivity contribution is 6.02. The van der Waals surface area contributed by atoms with Crippen LogP contribution in [0.15, 0.2) is 36.9 Å². The summed E-state index contributed by atoms with van der Waals surface area (Å²) >= 11 is 0. The molecule has 1 aliphatic carbocycles. The van der Waals surface area contributed by atoms with Gasteiger partial charge in [-0.2, -0.15) is 0 Å². The predicted molar refractivity (Wildman–Crippen MR) is 80.8 cm³/mol. The lowest BCUT2D eigenvalue weighted by molar-refractivity contribution is -0.127. The molecule has 1 saturated carbocycles. The van der Waals surface area contributed by atoms with Crippen LogP contribution in [0.1, 0.15) is 30.7 Å². The minimum atomic E-state index is -0.274. The van der Waals surface area contributed by atoms with E-state index in [4.69, 9.17) is 0 Å². The molecule has 2 atom stereocenters. The molecule has 0 aromatic heterocycles. The van der Waals surface area contributed by atoms with Crippen LogP contribution in [-0.4, -0.2) is 40.9 Å². The molecular weight excluding hydrogens is 283 g/mol. The van der Waals surface area contributed by atoms with E-state index in [-0.39, 0.29) is 36.3 Å². The molecule has 116 valence electrons. The van der Waals surface area contributed by atoms with E-state index in [1.54, 1.807) is 18.2 Å². The van der Waals surface area contributed by atoms with Crippen molar-refractivity contribution in [3.8, 4) is 0 Å². The van der Waals surface area contributed by atoms with Crippen molar-refractivity contribution in [1.29, 1.82) is 0 Å². The lowest BCUT2D eigenvalue weighted by Gasteiger charge is -2.28. The van der Waals surface area contributed by atoms with E-state index < -0.39 is 0 Å². The zero-order valence-corrected chi connectivity index (χ0v) is 12.4. The SMILES string of the molecule is C=CCN1CC(=O)N([C@@H]2CCC[C@H]2c2ccc(F)cc2)C1=O. The van der Waals surface area contributed by atoms with Crippen molar-refractivity contribution in [2.45, 2.75) is 31.2 Å². The third kappa shape index (κ3) is 2.51. The average Bonchev–Trinajstić information content (AvgIpc) is 3.06. The predicted octanol–water partition coefficient (Wildman–Crippen LogP) is 2.91. The lowest BCUT2D eigenvalue weighted by Crippen LogP contribution is -2.42. The van der Waals surface area contributed by atoms with Crippen LogP contribution in [0.4, 0.5) is 9.18 Å². The molecule has 1 heterocycles. The van der Waals surface area contributed by atoms with Gasteiger partial charge in [0.15, 0.2) is 0 Å². The van der Waals surface area contributed by atoms with Gasteiger partial charge in [-0.15, -0.1) is 6.58 Å². The Kier molecular flexibility index (Phi) is 3.96. The Balaban J connectivity index is 1.84. The Hall–Kier alpha value is -2.17. The third-order valence-electron chi connectivity index (χ3n) is 4.53. The van der Waals surface area contributed by atoms with Gasteiger partial charge in [0.05, 0.1) is 0 Å². The van der Waals surface area contributed by atoms with Crippen LogP contribution in [-0.2, 0) is 4.79 Å². The summed E-state index contributed by atoms with van der Waals surface area (Å²) in [5.74, 6) is -0.327. The summed E-state index contributed by atoms with van der Waals surface area (Å²) in [5.41, 5.74) is 0.992. The van der Waals surface area contributed by atoms with Crippen LogP contribution in [0.3, 0.4) is 0 Å². The third-order valence-corrected chi connectivity index (χ3v) is 4.53. The number of carbonyl (C=O) groups is 2. The van der Waals surface area contributed by atoms with E-state index in [9.17, 15) is 14.0 Å². The summed E-state index contributed by atoms with van der Waals surface area (Å²) in [5, 5.41) is 0. The Morgan fingerprint density at radius 3 is 2.64 bits per heavy atom. The molecule has 1 aromatic rings. The molecule has 2 fully saturated rings. The second kappa shape index (κ2) is 5.91. The van der Waals surface area contributed by atoms with Gasteiger partial charge in [-0.05, 0) is 30.5 Å². The first-order chi connectivity index (χ1) is 10.6. The topological polar surface area (TPSA) is 40.6 Å². The zero-order valence-electron chi connectivity index (χ0n) is 12.4. The van der Waals surface area contributed by atoms with Crippen LogP contribution in [0.5, 0.6) is 0 Å². The molecule has 0 N–H and O–H groups in total. The van der Waals surface area contributed by atoms with Crippen molar-refractivity contribution in [3.63, 3.8) is 0 Å². The van der Waals surface area contributed by atoms with Crippen molar-refractivity contribution in [2.24, 2.45) is 0 Å². The zero-order chi connectivity index (χ0) is 15.7. The van der Waals surface area contributed by atoms with Gasteiger partial charge in [0.2, 0.25) is 0 Å². The van der Waals surface area contributed by atoms with Gasteiger partial charge in [-0.25, -0.2) is 9.18 Å². The molecule has 0 unspecified atom stereocenters. The molecule has 0 spiro atoms. The second-order valence-electron chi connectivity index (χ2n) is 5.87. The van der Waals surface area contributed by atoms with Gasteiger partial charge in [0, 0.05) is 18.5 Å². The fraction of sp³-hybridized carbons (Fsp3) is 0.412. The Morgan fingerprint density at radius 2 is 1.95 bits per heavy atom. The number of urea groups is 1. The largest absolute Gasteiger partial charge is 0.327 e. The molecule has 4 nitrogen and oxygen atoms in total. The molecule has 0 bridgehead atoms. The maximum absolute atomic E-state index is 13.1. The summed E-state index contributed by atoms with van der Waals surface area (Å²) in [6.07, 6.45) is 4.31. The average molecular weight is 302 g/mol. The number of amides is 3. The van der Waals surface area contributed by atoms with E-state index in [1.807, 2.05) is 0 Å². The summed E-state index contributed by atoms with van der Waals surface area (Å²) in [6, 6.07) is 6.02. The van der Waals surface area contributed by atoms with Gasteiger partial charge < -0.3 is 4.90 Å². The van der Waals surface area contributed by atoms with Crippen molar-refractivity contribution in [3.05, 3.63) is 48.3 Å². The maximum Gasteiger partial charge on any atom is 0.327 e. The number of hydrogen-bond donors (Lipinski definition) is 0. The van der Waals surface area contributed by atoms with E-state index in [0.717, 1.165) is 24.8 Å². The minimum absolute atomic E-state index is 0.0946. The highest BCUT2D eigenvalue weighted by atomic mass is 19.1. The molecule has 5 heteroatoms. The monoisotopic (exact) mass is 302 g/mol. The molecule has 22 heavy (non-hydrogen) atoms. The molecule has 0 radical (unpaired) electrons. The molecular formula is C17H19FN2O2. The smallest absolute Gasteiger partial charge is 0.311 e. The van der Waals surface area contributed by atoms with Crippen LogP contribution in [0.2, 0.25) is 0 Å². The normalized spacial score (nSPS) is 25.1. The van der Waals surface area contributed by atoms with Gasteiger partial charge >= 0.3 is 6.03 Å². The number of benzene rings is 1. The van der Waals surface area contributed by atoms with E-state index in [1.165, 1.54) is 21.9 Å². The first-order valence-electron chi connectivity index (χ1n) is 7.59. The molecule has 1 saturated heterocycles.